The van der Waals surface area contributed by atoms with Crippen molar-refractivity contribution in [3.8, 4) is 0 Å². The molecule has 0 bridgehead atoms. The maximum absolute atomic E-state index is 11.7. The number of amides is 2. The molecule has 0 saturated carbocycles. The zero-order valence-corrected chi connectivity index (χ0v) is 13.1. The fraction of sp³-hybridized carbons (Fsp3) is 0.214. The fourth-order valence-electron chi connectivity index (χ4n) is 1.60. The lowest BCUT2D eigenvalue weighted by atomic mass is 10.2. The number of thiazole rings is 1. The van der Waals surface area contributed by atoms with E-state index in [0.717, 1.165) is 11.3 Å². The number of anilines is 2. The van der Waals surface area contributed by atoms with E-state index in [9.17, 15) is 9.59 Å². The summed E-state index contributed by atoms with van der Waals surface area (Å²) in [4.78, 5) is 27.3. The van der Waals surface area contributed by atoms with Gasteiger partial charge in [0.1, 0.15) is 0 Å². The Morgan fingerprint density at radius 2 is 2.00 bits per heavy atom. The second-order valence-electron chi connectivity index (χ2n) is 4.30. The van der Waals surface area contributed by atoms with E-state index in [1.54, 1.807) is 11.6 Å². The van der Waals surface area contributed by atoms with Crippen LogP contribution in [0.2, 0.25) is 0 Å². The summed E-state index contributed by atoms with van der Waals surface area (Å²) in [6.45, 7) is 1.97. The van der Waals surface area contributed by atoms with Gasteiger partial charge < -0.3 is 10.6 Å². The lowest BCUT2D eigenvalue weighted by molar-refractivity contribution is -0.114. The highest BCUT2D eigenvalue weighted by atomic mass is 32.2. The second kappa shape index (κ2) is 7.80. The van der Waals surface area contributed by atoms with Crippen LogP contribution < -0.4 is 10.6 Å². The first-order valence-electron chi connectivity index (χ1n) is 6.27. The summed E-state index contributed by atoms with van der Waals surface area (Å²) in [5.41, 5.74) is 1.86. The normalized spacial score (nSPS) is 10.1. The monoisotopic (exact) mass is 321 g/mol. The Bertz CT molecular complexity index is 614. The molecular formula is C14H15N3O2S2. The molecule has 0 unspecified atom stereocenters. The average molecular weight is 321 g/mol. The van der Waals surface area contributed by atoms with E-state index in [4.69, 9.17) is 0 Å². The Labute approximate surface area is 131 Å². The molecule has 110 valence electrons. The van der Waals surface area contributed by atoms with Crippen molar-refractivity contribution >= 4 is 45.7 Å². The van der Waals surface area contributed by atoms with Gasteiger partial charge in [-0.15, -0.1) is 23.1 Å². The molecule has 0 saturated heterocycles. The van der Waals surface area contributed by atoms with Crippen LogP contribution >= 0.6 is 23.1 Å². The van der Waals surface area contributed by atoms with Gasteiger partial charge in [0.2, 0.25) is 11.8 Å². The molecule has 0 aliphatic heterocycles. The molecule has 0 atom stereocenters. The number of aryl methyl sites for hydroxylation is 1. The SMILES string of the molecule is Cc1cccc(NC(=O)CSCC(=O)Nc2nccs2)c1. The molecule has 0 aliphatic rings. The number of thioether (sulfide) groups is 1. The number of aromatic nitrogens is 1. The molecule has 2 rings (SSSR count). The van der Waals surface area contributed by atoms with Gasteiger partial charge >= 0.3 is 0 Å². The number of nitrogens with one attached hydrogen (secondary N) is 2. The van der Waals surface area contributed by atoms with Crippen molar-refractivity contribution in [1.82, 2.24) is 4.98 Å². The molecule has 0 aliphatic carbocycles. The minimum Gasteiger partial charge on any atom is -0.325 e. The van der Waals surface area contributed by atoms with Crippen molar-refractivity contribution in [2.45, 2.75) is 6.92 Å². The highest BCUT2D eigenvalue weighted by Crippen LogP contribution is 2.12. The van der Waals surface area contributed by atoms with Gasteiger partial charge in [0, 0.05) is 17.3 Å². The van der Waals surface area contributed by atoms with E-state index in [2.05, 4.69) is 15.6 Å². The zero-order chi connectivity index (χ0) is 15.1. The minimum atomic E-state index is -0.154. The van der Waals surface area contributed by atoms with Crippen molar-refractivity contribution in [3.05, 3.63) is 41.4 Å². The third-order valence-electron chi connectivity index (χ3n) is 2.45. The molecule has 2 aromatic rings. The van der Waals surface area contributed by atoms with E-state index in [1.807, 2.05) is 31.2 Å². The molecule has 0 radical (unpaired) electrons. The predicted molar refractivity (Wildman–Crippen MR) is 87.9 cm³/mol. The van der Waals surface area contributed by atoms with Crippen LogP contribution in [-0.4, -0.2) is 28.3 Å². The number of carbonyl (C=O) groups excluding carboxylic acids is 2. The molecule has 1 aromatic heterocycles. The third-order valence-corrected chi connectivity index (χ3v) is 4.07. The van der Waals surface area contributed by atoms with Crippen molar-refractivity contribution in [3.63, 3.8) is 0 Å². The van der Waals surface area contributed by atoms with Gasteiger partial charge in [0.05, 0.1) is 11.5 Å². The Kier molecular flexibility index (Phi) is 5.77. The Balaban J connectivity index is 1.68. The smallest absolute Gasteiger partial charge is 0.236 e. The highest BCUT2D eigenvalue weighted by Gasteiger charge is 2.07. The van der Waals surface area contributed by atoms with Gasteiger partial charge in [0.25, 0.3) is 0 Å². The van der Waals surface area contributed by atoms with Crippen LogP contribution in [0.5, 0.6) is 0 Å². The number of hydrogen-bond acceptors (Lipinski definition) is 5. The van der Waals surface area contributed by atoms with E-state index >= 15 is 0 Å². The lowest BCUT2D eigenvalue weighted by Gasteiger charge is -2.06. The third kappa shape index (κ3) is 5.57. The number of rotatable bonds is 6. The van der Waals surface area contributed by atoms with Gasteiger partial charge in [-0.25, -0.2) is 4.98 Å². The quantitative estimate of drug-likeness (QED) is 0.858. The number of carbonyl (C=O) groups is 2. The fourth-order valence-corrected chi connectivity index (χ4v) is 2.76. The standard InChI is InChI=1S/C14H15N3O2S2/c1-10-3-2-4-11(7-10)16-12(18)8-20-9-13(19)17-14-15-5-6-21-14/h2-7H,8-9H2,1H3,(H,16,18)(H,15,17,19). The largest absolute Gasteiger partial charge is 0.325 e. The van der Waals surface area contributed by atoms with E-state index < -0.39 is 0 Å². The summed E-state index contributed by atoms with van der Waals surface area (Å²) in [7, 11) is 0. The van der Waals surface area contributed by atoms with Crippen LogP contribution in [0, 0.1) is 6.92 Å². The molecule has 0 fully saturated rings. The summed E-state index contributed by atoms with van der Waals surface area (Å²) in [6, 6.07) is 7.59. The average Bonchev–Trinajstić information content (AvgIpc) is 2.91. The first-order chi connectivity index (χ1) is 10.1. The van der Waals surface area contributed by atoms with Crippen LogP contribution in [0.3, 0.4) is 0 Å². The van der Waals surface area contributed by atoms with Crippen molar-refractivity contribution in [2.75, 3.05) is 22.1 Å². The van der Waals surface area contributed by atoms with Gasteiger partial charge in [-0.2, -0.15) is 0 Å². The lowest BCUT2D eigenvalue weighted by Crippen LogP contribution is -2.18. The van der Waals surface area contributed by atoms with E-state index in [-0.39, 0.29) is 23.3 Å². The highest BCUT2D eigenvalue weighted by molar-refractivity contribution is 8.00. The van der Waals surface area contributed by atoms with E-state index in [0.29, 0.717) is 5.13 Å². The van der Waals surface area contributed by atoms with Gasteiger partial charge in [-0.1, -0.05) is 12.1 Å². The van der Waals surface area contributed by atoms with Gasteiger partial charge in [0.15, 0.2) is 5.13 Å². The number of nitrogens with zero attached hydrogens (tertiary/aromatic N) is 1. The first kappa shape index (κ1) is 15.5. The molecule has 21 heavy (non-hydrogen) atoms. The number of hydrogen-bond donors (Lipinski definition) is 2. The van der Waals surface area contributed by atoms with E-state index in [1.165, 1.54) is 23.1 Å². The predicted octanol–water partition coefficient (Wildman–Crippen LogP) is 2.76. The van der Waals surface area contributed by atoms with Crippen molar-refractivity contribution in [2.24, 2.45) is 0 Å². The maximum atomic E-state index is 11.7. The van der Waals surface area contributed by atoms with Crippen LogP contribution in [0.25, 0.3) is 0 Å². The first-order valence-corrected chi connectivity index (χ1v) is 8.30. The summed E-state index contributed by atoms with van der Waals surface area (Å²) >= 11 is 2.63. The summed E-state index contributed by atoms with van der Waals surface area (Å²) < 4.78 is 0. The van der Waals surface area contributed by atoms with Crippen LogP contribution in [-0.2, 0) is 9.59 Å². The number of benzene rings is 1. The Hall–Kier alpha value is -1.86. The van der Waals surface area contributed by atoms with Gasteiger partial charge in [-0.3, -0.25) is 9.59 Å². The van der Waals surface area contributed by atoms with Crippen LogP contribution in [0.15, 0.2) is 35.8 Å². The second-order valence-corrected chi connectivity index (χ2v) is 6.18. The van der Waals surface area contributed by atoms with Gasteiger partial charge in [-0.05, 0) is 24.6 Å². The molecule has 1 aromatic carbocycles. The minimum absolute atomic E-state index is 0.118. The zero-order valence-electron chi connectivity index (χ0n) is 11.5. The Morgan fingerprint density at radius 3 is 2.67 bits per heavy atom. The molecular weight excluding hydrogens is 306 g/mol. The van der Waals surface area contributed by atoms with Crippen molar-refractivity contribution < 1.29 is 9.59 Å². The molecule has 7 heteroatoms. The van der Waals surface area contributed by atoms with Crippen LogP contribution in [0.1, 0.15) is 5.56 Å². The molecule has 0 spiro atoms. The summed E-state index contributed by atoms with van der Waals surface area (Å²) in [5.74, 6) is 0.186. The van der Waals surface area contributed by atoms with Crippen molar-refractivity contribution in [1.29, 1.82) is 0 Å². The molecule has 5 nitrogen and oxygen atoms in total. The topological polar surface area (TPSA) is 71.1 Å². The molecule has 2 N–H and O–H groups in total. The molecule has 2 amide bonds. The van der Waals surface area contributed by atoms with Crippen LogP contribution in [0.4, 0.5) is 10.8 Å². The summed E-state index contributed by atoms with van der Waals surface area (Å²) in [6.07, 6.45) is 1.63. The maximum Gasteiger partial charge on any atom is 0.236 e. The summed E-state index contributed by atoms with van der Waals surface area (Å²) in [5, 5.41) is 7.83. The Morgan fingerprint density at radius 1 is 1.24 bits per heavy atom. The molecule has 1 heterocycles.